The molecule has 0 amide bonds. The van der Waals surface area contributed by atoms with Crippen molar-refractivity contribution in [2.45, 2.75) is 19.3 Å². The Labute approximate surface area is 88.5 Å². The minimum Gasteiger partial charge on any atom is -0.381 e. The Hall–Kier alpha value is -1.35. The van der Waals surface area contributed by atoms with Crippen LogP contribution in [0.15, 0.2) is 18.2 Å². The van der Waals surface area contributed by atoms with Gasteiger partial charge in [0.1, 0.15) is 5.82 Å². The fourth-order valence-corrected chi connectivity index (χ4v) is 2.14. The number of para-hydroxylation sites is 1. The zero-order valence-electron chi connectivity index (χ0n) is 8.79. The first kappa shape index (κ1) is 8.92. The summed E-state index contributed by atoms with van der Waals surface area (Å²) in [7, 11) is 0. The van der Waals surface area contributed by atoms with Crippen molar-refractivity contribution in [3.8, 4) is 0 Å². The molecule has 1 aromatic heterocycles. The highest BCUT2D eigenvalue weighted by molar-refractivity contribution is 5.78. The summed E-state index contributed by atoms with van der Waals surface area (Å²) in [5.74, 6) is 1.54. The molecule has 15 heavy (non-hydrogen) atoms. The molecule has 0 radical (unpaired) electrons. The fourth-order valence-electron chi connectivity index (χ4n) is 2.14. The molecule has 3 rings (SSSR count). The third kappa shape index (κ3) is 1.43. The third-order valence-corrected chi connectivity index (χ3v) is 3.05. The number of imidazole rings is 1. The molecule has 1 aromatic carbocycles. The number of ether oxygens (including phenoxy) is 1. The number of fused-ring (bicyclic) bond motifs is 1. The lowest BCUT2D eigenvalue weighted by Crippen LogP contribution is -1.99. The lowest BCUT2D eigenvalue weighted by atomic mass is 10.1. The predicted molar refractivity (Wildman–Crippen MR) is 59.0 cm³/mol. The molecule has 3 nitrogen and oxygen atoms in total. The molecular weight excluding hydrogens is 188 g/mol. The largest absolute Gasteiger partial charge is 0.381 e. The van der Waals surface area contributed by atoms with E-state index in [0.717, 1.165) is 36.5 Å². The van der Waals surface area contributed by atoms with Gasteiger partial charge in [0.2, 0.25) is 0 Å². The third-order valence-electron chi connectivity index (χ3n) is 3.05. The highest BCUT2D eigenvalue weighted by Gasteiger charge is 2.21. The van der Waals surface area contributed by atoms with E-state index >= 15 is 0 Å². The van der Waals surface area contributed by atoms with Crippen molar-refractivity contribution in [2.75, 3.05) is 13.2 Å². The minimum absolute atomic E-state index is 0.455. The fraction of sp³-hybridized carbons (Fsp3) is 0.417. The Morgan fingerprint density at radius 1 is 1.47 bits per heavy atom. The van der Waals surface area contributed by atoms with Gasteiger partial charge in [0.15, 0.2) is 0 Å². The van der Waals surface area contributed by atoms with Gasteiger partial charge in [0, 0.05) is 12.5 Å². The Kier molecular flexibility index (Phi) is 1.99. The molecule has 2 aromatic rings. The number of nitrogens with one attached hydrogen (secondary N) is 1. The van der Waals surface area contributed by atoms with Gasteiger partial charge in [-0.15, -0.1) is 0 Å². The number of aromatic nitrogens is 2. The molecule has 0 aliphatic carbocycles. The number of hydrogen-bond donors (Lipinski definition) is 1. The molecule has 1 aliphatic rings. The summed E-state index contributed by atoms with van der Waals surface area (Å²) in [6, 6.07) is 6.23. The van der Waals surface area contributed by atoms with Gasteiger partial charge in [0.25, 0.3) is 0 Å². The normalized spacial score (nSPS) is 21.3. The summed E-state index contributed by atoms with van der Waals surface area (Å²) in [5, 5.41) is 0. The summed E-state index contributed by atoms with van der Waals surface area (Å²) >= 11 is 0. The van der Waals surface area contributed by atoms with Crippen molar-refractivity contribution in [1.82, 2.24) is 9.97 Å². The van der Waals surface area contributed by atoms with Crippen LogP contribution in [-0.4, -0.2) is 23.2 Å². The highest BCUT2D eigenvalue weighted by atomic mass is 16.5. The van der Waals surface area contributed by atoms with E-state index in [0.29, 0.717) is 5.92 Å². The smallest absolute Gasteiger partial charge is 0.112 e. The Balaban J connectivity index is 2.09. The molecule has 78 valence electrons. The van der Waals surface area contributed by atoms with Gasteiger partial charge >= 0.3 is 0 Å². The van der Waals surface area contributed by atoms with E-state index in [1.54, 1.807) is 0 Å². The maximum absolute atomic E-state index is 5.38. The first-order valence-electron chi connectivity index (χ1n) is 5.37. The summed E-state index contributed by atoms with van der Waals surface area (Å²) in [5.41, 5.74) is 3.46. The summed E-state index contributed by atoms with van der Waals surface area (Å²) in [4.78, 5) is 8.05. The van der Waals surface area contributed by atoms with Crippen LogP contribution < -0.4 is 0 Å². The van der Waals surface area contributed by atoms with Crippen LogP contribution in [0.25, 0.3) is 11.0 Å². The summed E-state index contributed by atoms with van der Waals surface area (Å²) in [6.07, 6.45) is 1.08. The van der Waals surface area contributed by atoms with Gasteiger partial charge < -0.3 is 9.72 Å². The monoisotopic (exact) mass is 202 g/mol. The average Bonchev–Trinajstić information content (AvgIpc) is 2.86. The average molecular weight is 202 g/mol. The maximum atomic E-state index is 5.38. The number of benzene rings is 1. The summed E-state index contributed by atoms with van der Waals surface area (Å²) < 4.78 is 5.38. The Morgan fingerprint density at radius 3 is 3.13 bits per heavy atom. The Morgan fingerprint density at radius 2 is 2.40 bits per heavy atom. The lowest BCUT2D eigenvalue weighted by Gasteiger charge is -2.00. The van der Waals surface area contributed by atoms with Gasteiger partial charge in [-0.1, -0.05) is 12.1 Å². The number of H-pyrrole nitrogens is 1. The van der Waals surface area contributed by atoms with Crippen LogP contribution in [-0.2, 0) is 4.74 Å². The topological polar surface area (TPSA) is 37.9 Å². The van der Waals surface area contributed by atoms with Crippen LogP contribution in [0.5, 0.6) is 0 Å². The molecule has 1 N–H and O–H groups in total. The van der Waals surface area contributed by atoms with E-state index in [-0.39, 0.29) is 0 Å². The predicted octanol–water partition coefficient (Wildman–Crippen LogP) is 2.38. The first-order chi connectivity index (χ1) is 7.34. The highest BCUT2D eigenvalue weighted by Crippen LogP contribution is 2.25. The lowest BCUT2D eigenvalue weighted by molar-refractivity contribution is 0.193. The minimum atomic E-state index is 0.455. The van der Waals surface area contributed by atoms with Gasteiger partial charge in [-0.3, -0.25) is 0 Å². The second-order valence-electron chi connectivity index (χ2n) is 4.15. The van der Waals surface area contributed by atoms with Gasteiger partial charge in [0.05, 0.1) is 17.6 Å². The molecule has 1 aliphatic heterocycles. The second-order valence-corrected chi connectivity index (χ2v) is 4.15. The Bertz CT molecular complexity index is 483. The van der Waals surface area contributed by atoms with Crippen molar-refractivity contribution in [1.29, 1.82) is 0 Å². The number of aromatic amines is 1. The SMILES string of the molecule is Cc1cccc2[nH]c(C3CCOC3)nc12. The van der Waals surface area contributed by atoms with Crippen LogP contribution in [0.3, 0.4) is 0 Å². The van der Waals surface area contributed by atoms with E-state index in [4.69, 9.17) is 4.74 Å². The van der Waals surface area contributed by atoms with E-state index in [9.17, 15) is 0 Å². The van der Waals surface area contributed by atoms with E-state index in [2.05, 4.69) is 35.1 Å². The van der Waals surface area contributed by atoms with Gasteiger partial charge in [-0.05, 0) is 25.0 Å². The van der Waals surface area contributed by atoms with E-state index in [1.165, 1.54) is 5.56 Å². The van der Waals surface area contributed by atoms with Crippen LogP contribution in [0.1, 0.15) is 23.7 Å². The number of rotatable bonds is 1. The molecule has 1 fully saturated rings. The van der Waals surface area contributed by atoms with Crippen molar-refractivity contribution in [3.63, 3.8) is 0 Å². The maximum Gasteiger partial charge on any atom is 0.112 e. The zero-order valence-corrected chi connectivity index (χ0v) is 8.79. The van der Waals surface area contributed by atoms with E-state index < -0.39 is 0 Å². The molecule has 2 heterocycles. The molecule has 1 saturated heterocycles. The van der Waals surface area contributed by atoms with E-state index in [1.807, 2.05) is 0 Å². The van der Waals surface area contributed by atoms with Crippen LogP contribution >= 0.6 is 0 Å². The van der Waals surface area contributed by atoms with Crippen LogP contribution in [0.4, 0.5) is 0 Å². The molecular formula is C12H14N2O. The van der Waals surface area contributed by atoms with Crippen molar-refractivity contribution in [3.05, 3.63) is 29.6 Å². The number of hydrogen-bond acceptors (Lipinski definition) is 2. The standard InChI is InChI=1S/C12H14N2O/c1-8-3-2-4-10-11(8)14-12(13-10)9-5-6-15-7-9/h2-4,9H,5-7H2,1H3,(H,13,14). The zero-order chi connectivity index (χ0) is 10.3. The van der Waals surface area contributed by atoms with Gasteiger partial charge in [-0.25, -0.2) is 4.98 Å². The van der Waals surface area contributed by atoms with Crippen LogP contribution in [0, 0.1) is 6.92 Å². The molecule has 0 bridgehead atoms. The van der Waals surface area contributed by atoms with Crippen LogP contribution in [0.2, 0.25) is 0 Å². The van der Waals surface area contributed by atoms with Crippen molar-refractivity contribution in [2.24, 2.45) is 0 Å². The second kappa shape index (κ2) is 3.35. The van der Waals surface area contributed by atoms with Crippen molar-refractivity contribution < 1.29 is 4.74 Å². The van der Waals surface area contributed by atoms with Gasteiger partial charge in [-0.2, -0.15) is 0 Å². The molecule has 1 atom stereocenters. The quantitative estimate of drug-likeness (QED) is 0.771. The first-order valence-corrected chi connectivity index (χ1v) is 5.37. The number of aryl methyl sites for hydroxylation is 1. The molecule has 0 saturated carbocycles. The summed E-state index contributed by atoms with van der Waals surface area (Å²) in [6.45, 7) is 3.76. The van der Waals surface area contributed by atoms with Crippen molar-refractivity contribution >= 4 is 11.0 Å². The molecule has 3 heteroatoms. The molecule has 0 spiro atoms. The molecule has 1 unspecified atom stereocenters. The number of nitrogens with zero attached hydrogens (tertiary/aromatic N) is 1.